The molecule has 0 amide bonds. The molecule has 0 aromatic carbocycles. The molecule has 0 fully saturated rings. The summed E-state index contributed by atoms with van der Waals surface area (Å²) in [4.78, 5) is 0. The Morgan fingerprint density at radius 3 is 1.00 bits per heavy atom. The van der Waals surface area contributed by atoms with Crippen LogP contribution in [0.25, 0.3) is 0 Å². The Labute approximate surface area is 128 Å². The topological polar surface area (TPSA) is 107 Å². The maximum absolute atomic E-state index is 7.57. The fraction of sp³-hybridized carbons (Fsp3) is 0.750. The number of hydrogen-bond donors (Lipinski definition) is 5. The molecule has 1 radical (unpaired) electrons. The number of aliphatic hydroxyl groups is 4. The number of hydrogen-bond acceptors (Lipinski definition) is 5. The summed E-state index contributed by atoms with van der Waals surface area (Å²) in [6.07, 6.45) is 2.02. The van der Waals surface area contributed by atoms with Crippen LogP contribution in [0.3, 0.4) is 0 Å². The SMILES string of the molecule is CCO.CCO.[CH2-]CCCN.[CH2-]CO.[CH2-]CO.[Ti+3]. The van der Waals surface area contributed by atoms with Crippen LogP contribution in [-0.2, 0) is 21.7 Å². The van der Waals surface area contributed by atoms with Crippen molar-refractivity contribution in [3.8, 4) is 0 Å². The van der Waals surface area contributed by atoms with E-state index in [1.807, 2.05) is 0 Å². The van der Waals surface area contributed by atoms with E-state index in [9.17, 15) is 0 Å². The van der Waals surface area contributed by atoms with E-state index in [0.717, 1.165) is 19.4 Å². The Morgan fingerprint density at radius 2 is 1.00 bits per heavy atom. The van der Waals surface area contributed by atoms with Crippen molar-refractivity contribution in [1.82, 2.24) is 0 Å². The third-order valence-electron chi connectivity index (χ3n) is 0.454. The average molecular weight is 302 g/mol. The summed E-state index contributed by atoms with van der Waals surface area (Å²) in [5.74, 6) is 0. The van der Waals surface area contributed by atoms with Crippen LogP contribution in [0.15, 0.2) is 0 Å². The van der Waals surface area contributed by atoms with Crippen LogP contribution in [-0.4, -0.2) is 53.4 Å². The number of nitrogens with two attached hydrogens (primary N) is 1. The third kappa shape index (κ3) is 629. The molecule has 113 valence electrons. The summed E-state index contributed by atoms with van der Waals surface area (Å²) in [7, 11) is 0. The molecule has 0 aromatic rings. The first kappa shape index (κ1) is 36.3. The van der Waals surface area contributed by atoms with Crippen LogP contribution in [0.2, 0.25) is 0 Å². The normalized spacial score (nSPS) is 6.33. The van der Waals surface area contributed by atoms with Crippen LogP contribution in [0.5, 0.6) is 0 Å². The Bertz CT molecular complexity index is 53.3. The van der Waals surface area contributed by atoms with Gasteiger partial charge in [0.25, 0.3) is 0 Å². The van der Waals surface area contributed by atoms with E-state index in [2.05, 4.69) is 20.8 Å². The first-order valence-electron chi connectivity index (χ1n) is 5.59. The van der Waals surface area contributed by atoms with Gasteiger partial charge >= 0.3 is 21.7 Å². The standard InChI is InChI=1S/C4H10N.2C2H6O.2C2H5O.Ti/c1-2-3-4-5;4*1-2-3;/h1-5H2;2*3H,2H2,1H3;2*3H,1-2H2;/q-1;;;2*-1;+3. The molecule has 0 aromatic heterocycles. The van der Waals surface area contributed by atoms with Gasteiger partial charge in [-0.25, -0.2) is 0 Å². The molecular weight excluding hydrogens is 270 g/mol. The molecule has 0 spiro atoms. The maximum Gasteiger partial charge on any atom is 3.00 e. The fourth-order valence-corrected chi connectivity index (χ4v) is 0.144. The van der Waals surface area contributed by atoms with Gasteiger partial charge < -0.3 is 46.9 Å². The molecule has 6 N–H and O–H groups in total. The first-order valence-corrected chi connectivity index (χ1v) is 5.59. The number of aliphatic hydroxyl groups excluding tert-OH is 4. The summed E-state index contributed by atoms with van der Waals surface area (Å²) in [6.45, 7) is 14.3. The predicted molar refractivity (Wildman–Crippen MR) is 74.1 cm³/mol. The molecule has 0 aliphatic carbocycles. The van der Waals surface area contributed by atoms with E-state index in [-0.39, 0.29) is 48.1 Å². The Hall–Kier alpha value is 0.514. The zero-order chi connectivity index (χ0) is 14.9. The first-order chi connectivity index (χ1) is 8.07. The molecule has 5 nitrogen and oxygen atoms in total. The molecule has 0 saturated heterocycles. The molecule has 0 saturated carbocycles. The maximum atomic E-state index is 7.57. The van der Waals surface area contributed by atoms with Gasteiger partial charge in [-0.2, -0.15) is 6.42 Å². The van der Waals surface area contributed by atoms with Crippen molar-refractivity contribution in [2.45, 2.75) is 26.7 Å². The van der Waals surface area contributed by atoms with Gasteiger partial charge in [0, 0.05) is 13.2 Å². The van der Waals surface area contributed by atoms with Gasteiger partial charge in [0.2, 0.25) is 0 Å². The van der Waals surface area contributed by atoms with Crippen LogP contribution < -0.4 is 5.73 Å². The minimum atomic E-state index is 0. The smallest absolute Gasteiger partial charge is 0.428 e. The van der Waals surface area contributed by atoms with E-state index in [0.29, 0.717) is 0 Å². The van der Waals surface area contributed by atoms with E-state index in [1.165, 1.54) is 0 Å². The third-order valence-corrected chi connectivity index (χ3v) is 0.454. The minimum Gasteiger partial charge on any atom is -0.428 e. The van der Waals surface area contributed by atoms with Gasteiger partial charge in [-0.15, -0.1) is 0 Å². The molecule has 18 heavy (non-hydrogen) atoms. The minimum absolute atomic E-state index is 0. The molecule has 6 heteroatoms. The molecule has 0 heterocycles. The van der Waals surface area contributed by atoms with Crippen LogP contribution >= 0.6 is 0 Å². The van der Waals surface area contributed by atoms with Gasteiger partial charge in [-0.05, 0) is 20.4 Å². The van der Waals surface area contributed by atoms with Crippen molar-refractivity contribution in [3.05, 3.63) is 20.8 Å². The summed E-state index contributed by atoms with van der Waals surface area (Å²) in [5.41, 5.74) is 5.10. The zero-order valence-electron chi connectivity index (χ0n) is 11.9. The molecule has 0 atom stereocenters. The summed E-state index contributed by atoms with van der Waals surface area (Å²) >= 11 is 0. The Kier molecular flexibility index (Phi) is 170. The van der Waals surface area contributed by atoms with Crippen molar-refractivity contribution in [1.29, 1.82) is 0 Å². The van der Waals surface area contributed by atoms with Crippen LogP contribution in [0.4, 0.5) is 0 Å². The van der Waals surface area contributed by atoms with E-state index in [4.69, 9.17) is 26.2 Å². The molecule has 0 aliphatic rings. The predicted octanol–water partition coefficient (Wildman–Crippen LogP) is 0.180. The second-order valence-electron chi connectivity index (χ2n) is 2.08. The van der Waals surface area contributed by atoms with E-state index in [1.54, 1.807) is 13.8 Å². The molecular formula is C12H32NO4Ti. The molecule has 0 rings (SSSR count). The molecule has 0 unspecified atom stereocenters. The fourth-order valence-electron chi connectivity index (χ4n) is 0.144. The second-order valence-corrected chi connectivity index (χ2v) is 2.08. The molecule has 0 aliphatic heterocycles. The Morgan fingerprint density at radius 1 is 0.833 bits per heavy atom. The quantitative estimate of drug-likeness (QED) is 0.369. The largest absolute Gasteiger partial charge is 3.00 e. The van der Waals surface area contributed by atoms with Gasteiger partial charge in [0.15, 0.2) is 0 Å². The van der Waals surface area contributed by atoms with Crippen molar-refractivity contribution < 1.29 is 42.1 Å². The van der Waals surface area contributed by atoms with Crippen molar-refractivity contribution >= 4 is 0 Å². The summed E-state index contributed by atoms with van der Waals surface area (Å²) < 4.78 is 0. The van der Waals surface area contributed by atoms with E-state index < -0.39 is 0 Å². The van der Waals surface area contributed by atoms with Gasteiger partial charge in [-0.3, -0.25) is 0 Å². The van der Waals surface area contributed by atoms with Gasteiger partial charge in [0.05, 0.1) is 0 Å². The van der Waals surface area contributed by atoms with Gasteiger partial charge in [0.1, 0.15) is 0 Å². The van der Waals surface area contributed by atoms with Crippen LogP contribution in [0.1, 0.15) is 26.7 Å². The average Bonchev–Trinajstić information content (AvgIpc) is 2.23. The monoisotopic (exact) mass is 302 g/mol. The number of unbranched alkanes of at least 4 members (excludes halogenated alkanes) is 1. The summed E-state index contributed by atoms with van der Waals surface area (Å²) in [5, 5.41) is 30.1. The van der Waals surface area contributed by atoms with Crippen LogP contribution in [0, 0.1) is 20.8 Å². The van der Waals surface area contributed by atoms with Crippen molar-refractivity contribution in [2.75, 3.05) is 33.0 Å². The van der Waals surface area contributed by atoms with Crippen molar-refractivity contribution in [3.63, 3.8) is 0 Å². The van der Waals surface area contributed by atoms with E-state index >= 15 is 0 Å². The number of rotatable bonds is 2. The zero-order valence-corrected chi connectivity index (χ0v) is 13.5. The van der Waals surface area contributed by atoms with Crippen molar-refractivity contribution in [2.24, 2.45) is 5.73 Å². The van der Waals surface area contributed by atoms with Gasteiger partial charge in [-0.1, -0.05) is 19.6 Å². The second kappa shape index (κ2) is 84.6. The molecule has 0 bridgehead atoms. The summed E-state index contributed by atoms with van der Waals surface area (Å²) in [6, 6.07) is 0. The Balaban J connectivity index is -0.0000000252.